The Morgan fingerprint density at radius 1 is 0.283 bits per heavy atom. The van der Waals surface area contributed by atoms with Crippen LogP contribution in [0.4, 0.5) is 0 Å². The van der Waals surface area contributed by atoms with Gasteiger partial charge in [0.25, 0.3) is 0 Å². The summed E-state index contributed by atoms with van der Waals surface area (Å²) in [5, 5.41) is 0. The summed E-state index contributed by atoms with van der Waals surface area (Å²) in [6, 6.07) is 57.7. The van der Waals surface area contributed by atoms with Gasteiger partial charge in [0.1, 0.15) is 0 Å². The topological polar surface area (TPSA) is 18.5 Å². The molecule has 526 valence electrons. The summed E-state index contributed by atoms with van der Waals surface area (Å²) in [5.41, 5.74) is 19.3. The molecule has 12 aromatic rings. The highest BCUT2D eigenvalue weighted by molar-refractivity contribution is 9.11. The second-order valence-corrected chi connectivity index (χ2v) is 41.6. The largest absolute Gasteiger partial charge is 0.495 e. The molecule has 0 saturated carbocycles. The molecule has 6 aromatic carbocycles. The molecule has 0 bridgehead atoms. The highest BCUT2D eigenvalue weighted by atomic mass is 79.9. The Morgan fingerprint density at radius 3 is 0.838 bits per heavy atom. The summed E-state index contributed by atoms with van der Waals surface area (Å²) in [6.45, 7) is 61.5. The third-order valence-corrected chi connectivity index (χ3v) is 27.1. The van der Waals surface area contributed by atoms with Crippen LogP contribution < -0.4 is 5.46 Å². The zero-order chi connectivity index (χ0) is 73.5. The van der Waals surface area contributed by atoms with Crippen LogP contribution in [-0.2, 0) is 41.8 Å². The van der Waals surface area contributed by atoms with Crippen molar-refractivity contribution >= 4 is 150 Å². The first-order valence-electron chi connectivity index (χ1n) is 35.5. The van der Waals surface area contributed by atoms with Crippen molar-refractivity contribution in [1.82, 2.24) is 0 Å². The fraction of sp³-hybridized carbons (Fsp3) is 0.409. The van der Waals surface area contributed by atoms with E-state index in [9.17, 15) is 0 Å². The first-order valence-corrected chi connectivity index (χ1v) is 42.0. The van der Waals surface area contributed by atoms with E-state index in [1.54, 1.807) is 0 Å². The van der Waals surface area contributed by atoms with E-state index in [0.29, 0.717) is 0 Å². The van der Waals surface area contributed by atoms with Crippen LogP contribution in [-0.4, -0.2) is 18.3 Å². The van der Waals surface area contributed by atoms with Crippen LogP contribution in [0, 0.1) is 0 Å². The van der Waals surface area contributed by atoms with Gasteiger partial charge in [-0.25, -0.2) is 0 Å². The molecule has 1 saturated heterocycles. The monoisotopic (exact) mass is 1560 g/mol. The Kier molecular flexibility index (Phi) is 25.2. The second kappa shape index (κ2) is 31.1. The molecule has 13 rings (SSSR count). The van der Waals surface area contributed by atoms with Crippen molar-refractivity contribution in [2.75, 3.05) is 0 Å². The van der Waals surface area contributed by atoms with Gasteiger partial charge in [-0.2, -0.15) is 0 Å². The molecular formula is C88H109BBr2O2S6. The minimum atomic E-state index is -0.375. The average molecular weight is 1560 g/mol. The van der Waals surface area contributed by atoms with Crippen molar-refractivity contribution in [1.29, 1.82) is 0 Å². The molecule has 0 unspecified atom stereocenters. The van der Waals surface area contributed by atoms with Gasteiger partial charge in [-0.15, -0.1) is 68.0 Å². The Hall–Kier alpha value is -4.50. The van der Waals surface area contributed by atoms with E-state index in [4.69, 9.17) is 9.31 Å². The van der Waals surface area contributed by atoms with Crippen LogP contribution in [0.2, 0.25) is 0 Å². The van der Waals surface area contributed by atoms with E-state index in [1.807, 2.05) is 110 Å². The molecule has 0 amide bonds. The van der Waals surface area contributed by atoms with Crippen molar-refractivity contribution in [2.24, 2.45) is 0 Å². The number of benzene rings is 6. The van der Waals surface area contributed by atoms with Gasteiger partial charge < -0.3 is 9.31 Å². The number of hydrogen-bond acceptors (Lipinski definition) is 8. The zero-order valence-corrected chi connectivity index (χ0v) is 72.6. The van der Waals surface area contributed by atoms with Gasteiger partial charge >= 0.3 is 7.12 Å². The van der Waals surface area contributed by atoms with Gasteiger partial charge in [0.2, 0.25) is 0 Å². The van der Waals surface area contributed by atoms with Crippen molar-refractivity contribution in [2.45, 2.75) is 238 Å². The van der Waals surface area contributed by atoms with Crippen LogP contribution in [0.25, 0.3) is 91.9 Å². The van der Waals surface area contributed by atoms with Gasteiger partial charge in [-0.3, -0.25) is 0 Å². The normalized spacial score (nSPS) is 14.0. The maximum Gasteiger partial charge on any atom is 0.495 e. The molecule has 7 heterocycles. The third kappa shape index (κ3) is 18.2. The molecule has 11 heteroatoms. The van der Waals surface area contributed by atoms with E-state index >= 15 is 0 Å². The fourth-order valence-corrected chi connectivity index (χ4v) is 21.0. The van der Waals surface area contributed by atoms with Crippen molar-refractivity contribution in [3.05, 3.63) is 193 Å². The minimum absolute atomic E-state index is 0.0625. The van der Waals surface area contributed by atoms with Crippen LogP contribution in [0.15, 0.2) is 159 Å². The van der Waals surface area contributed by atoms with E-state index in [1.165, 1.54) is 133 Å². The van der Waals surface area contributed by atoms with Gasteiger partial charge in [0.15, 0.2) is 0 Å². The number of fused-ring (bicyclic) bond motifs is 6. The van der Waals surface area contributed by atoms with Crippen LogP contribution in [0.1, 0.15) is 227 Å². The quantitative estimate of drug-likeness (QED) is 0.155. The van der Waals surface area contributed by atoms with Gasteiger partial charge in [0.05, 0.1) is 37.6 Å². The molecule has 1 aliphatic heterocycles. The Morgan fingerprint density at radius 2 is 0.535 bits per heavy atom. The lowest BCUT2D eigenvalue weighted by Crippen LogP contribution is -2.41. The highest BCUT2D eigenvalue weighted by Crippen LogP contribution is 2.52. The first kappa shape index (κ1) is 80.2. The molecule has 1 fully saturated rings. The van der Waals surface area contributed by atoms with Crippen molar-refractivity contribution < 1.29 is 9.31 Å². The molecule has 99 heavy (non-hydrogen) atoms. The molecule has 2 nitrogen and oxygen atoms in total. The predicted molar refractivity (Wildman–Crippen MR) is 461 cm³/mol. The maximum atomic E-state index is 6.44. The summed E-state index contributed by atoms with van der Waals surface area (Å²) in [6.07, 6.45) is 0. The van der Waals surface area contributed by atoms with E-state index in [2.05, 4.69) is 336 Å². The number of thiophene rings is 6. The van der Waals surface area contributed by atoms with E-state index in [0.717, 1.165) is 5.46 Å². The minimum Gasteiger partial charge on any atom is -0.399 e. The molecule has 6 aromatic heterocycles. The molecular weight excluding hydrogens is 1450 g/mol. The lowest BCUT2D eigenvalue weighted by molar-refractivity contribution is 0.00578. The fourth-order valence-electron chi connectivity index (χ4n) is 11.7. The second-order valence-electron chi connectivity index (χ2n) is 32.4. The summed E-state index contributed by atoms with van der Waals surface area (Å²) in [7, 11) is -0.375. The standard InChI is InChI=1S/C48H52S3.C26H37BO2.C8H2Br2S3.3C2H6/c1-45(2,3)31-17-13-29(14-18-31)35-23-21-33(47(7,8)9)25-37(35)39-27-41-43(50-39)44-42(49-41)28-40(51-44)38-26-34(48(10,11)12)22-24-36(38)30-15-19-32(20-16-30)46(4,5)6;1-23(2,3)19-13-11-18(12-14-19)21-16-15-20(24(4,5)6)17-22(21)27-28-25(7,8)26(9,10)29-27;9-5-1-3-7(12-5)8-4(11-3)2-6(10)13-8;3*1-2/h13-28H,1-12H3;11-17H,1-10H3;1-2H;3*1-2H3. The molecule has 0 atom stereocenters. The van der Waals surface area contributed by atoms with E-state index < -0.39 is 0 Å². The van der Waals surface area contributed by atoms with Crippen LogP contribution in [0.3, 0.4) is 0 Å². The zero-order valence-electron chi connectivity index (χ0n) is 64.5. The Labute approximate surface area is 637 Å². The summed E-state index contributed by atoms with van der Waals surface area (Å²) < 4.78 is 26.6. The number of rotatable bonds is 6. The van der Waals surface area contributed by atoms with Crippen LogP contribution in [0.5, 0.6) is 0 Å². The predicted octanol–water partition coefficient (Wildman–Crippen LogP) is 31.1. The van der Waals surface area contributed by atoms with Gasteiger partial charge in [-0.05, 0) is 212 Å². The SMILES string of the molecule is Brc1cc2sc3cc(Br)sc3c2s1.CC.CC.CC.CC(C)(C)c1ccc(-c2ccc(C(C)(C)C)cc2-c2cc3sc4cc(-c5cc(C(C)(C)C)ccc5-c5ccc(C(C)(C)C)cc5)sc4c3s2)cc1.CC(C)(C)c1ccc(-c2ccc(C(C)(C)C)cc2B2OC(C)(C)C(C)(C)O2)cc1. The van der Waals surface area contributed by atoms with Crippen molar-refractivity contribution in [3.63, 3.8) is 0 Å². The molecule has 0 radical (unpaired) electrons. The van der Waals surface area contributed by atoms with Crippen LogP contribution >= 0.6 is 99.9 Å². The van der Waals surface area contributed by atoms with Gasteiger partial charge in [0, 0.05) is 28.6 Å². The molecule has 0 spiro atoms. The molecule has 1 aliphatic rings. The summed E-state index contributed by atoms with van der Waals surface area (Å²) >= 11 is 18.4. The smallest absolute Gasteiger partial charge is 0.399 e. The third-order valence-electron chi connectivity index (χ3n) is 18.5. The Balaban J connectivity index is 0.000000216. The van der Waals surface area contributed by atoms with Gasteiger partial charge in [-0.1, -0.05) is 281 Å². The lowest BCUT2D eigenvalue weighted by Gasteiger charge is -2.32. The average Bonchev–Trinajstić information content (AvgIpc) is 1.63. The lowest BCUT2D eigenvalue weighted by atomic mass is 9.71. The molecule has 0 N–H and O–H groups in total. The Bertz CT molecular complexity index is 4450. The van der Waals surface area contributed by atoms with E-state index in [-0.39, 0.29) is 50.8 Å². The summed E-state index contributed by atoms with van der Waals surface area (Å²) in [4.78, 5) is 2.70. The number of halogens is 2. The highest BCUT2D eigenvalue weighted by Gasteiger charge is 2.52. The first-order chi connectivity index (χ1) is 46.1. The number of hydrogen-bond donors (Lipinski definition) is 0. The maximum absolute atomic E-state index is 6.44. The molecule has 0 aliphatic carbocycles. The summed E-state index contributed by atoms with van der Waals surface area (Å²) in [5.74, 6) is 0. The van der Waals surface area contributed by atoms with Crippen molar-refractivity contribution in [3.8, 4) is 54.3 Å².